The normalized spacial score (nSPS) is 10.7. The summed E-state index contributed by atoms with van der Waals surface area (Å²) in [6.07, 6.45) is 0.0318. The van der Waals surface area contributed by atoms with Crippen molar-refractivity contribution in [2.24, 2.45) is 0 Å². The van der Waals surface area contributed by atoms with Crippen LogP contribution in [0.4, 0.5) is 16.5 Å². The van der Waals surface area contributed by atoms with Crippen molar-refractivity contribution in [1.29, 1.82) is 0 Å². The molecular formula is C20H20ClN3O2S. The number of rotatable bonds is 5. The predicted molar refractivity (Wildman–Crippen MR) is 112 cm³/mol. The minimum atomic E-state index is -0.239. The Morgan fingerprint density at radius 3 is 2.70 bits per heavy atom. The van der Waals surface area contributed by atoms with E-state index in [-0.39, 0.29) is 18.2 Å². The van der Waals surface area contributed by atoms with Gasteiger partial charge in [0.25, 0.3) is 0 Å². The van der Waals surface area contributed by atoms with Gasteiger partial charge in [-0.1, -0.05) is 35.1 Å². The van der Waals surface area contributed by atoms with Crippen molar-refractivity contribution in [2.45, 2.75) is 27.2 Å². The lowest BCUT2D eigenvalue weighted by Gasteiger charge is -2.08. The molecule has 0 unspecified atom stereocenters. The Bertz CT molecular complexity index is 1000. The Labute approximate surface area is 167 Å². The van der Waals surface area contributed by atoms with Gasteiger partial charge in [-0.3, -0.25) is 4.79 Å². The molecule has 0 radical (unpaired) electrons. The smallest absolute Gasteiger partial charge is 0.229 e. The third-order valence-electron chi connectivity index (χ3n) is 4.30. The van der Waals surface area contributed by atoms with Gasteiger partial charge in [0.1, 0.15) is 0 Å². The Kier molecular flexibility index (Phi) is 5.68. The van der Waals surface area contributed by atoms with E-state index in [1.165, 1.54) is 16.9 Å². The van der Waals surface area contributed by atoms with Crippen LogP contribution in [-0.2, 0) is 11.2 Å². The zero-order valence-corrected chi connectivity index (χ0v) is 16.8. The fourth-order valence-electron chi connectivity index (χ4n) is 2.54. The van der Waals surface area contributed by atoms with Crippen molar-refractivity contribution < 1.29 is 9.90 Å². The van der Waals surface area contributed by atoms with Gasteiger partial charge in [0.15, 0.2) is 5.13 Å². The highest BCUT2D eigenvalue weighted by atomic mass is 35.5. The largest absolute Gasteiger partial charge is 0.492 e. The van der Waals surface area contributed by atoms with Crippen molar-refractivity contribution in [2.75, 3.05) is 10.6 Å². The number of anilines is 3. The first-order valence-electron chi connectivity index (χ1n) is 8.41. The number of thiazole rings is 1. The molecule has 27 heavy (non-hydrogen) atoms. The van der Waals surface area contributed by atoms with E-state index in [0.29, 0.717) is 20.7 Å². The number of aryl methyl sites for hydroxylation is 2. The van der Waals surface area contributed by atoms with Crippen molar-refractivity contribution in [1.82, 2.24) is 4.98 Å². The first-order valence-corrected chi connectivity index (χ1v) is 9.61. The van der Waals surface area contributed by atoms with Gasteiger partial charge in [0.05, 0.1) is 11.3 Å². The van der Waals surface area contributed by atoms with Gasteiger partial charge in [-0.25, -0.2) is 0 Å². The molecule has 7 heteroatoms. The maximum absolute atomic E-state index is 12.3. The minimum absolute atomic E-state index is 0.0318. The number of nitrogens with zero attached hydrogens (tertiary/aromatic N) is 1. The summed E-state index contributed by atoms with van der Waals surface area (Å²) in [7, 11) is 0. The molecule has 0 fully saturated rings. The van der Waals surface area contributed by atoms with Crippen LogP contribution in [0.3, 0.4) is 0 Å². The molecule has 3 rings (SSSR count). The van der Waals surface area contributed by atoms with E-state index in [9.17, 15) is 9.90 Å². The summed E-state index contributed by atoms with van der Waals surface area (Å²) in [5.41, 5.74) is 4.72. The number of carbonyl (C=O) groups excluding carboxylic acids is 1. The summed E-state index contributed by atoms with van der Waals surface area (Å²) in [6, 6.07) is 11.3. The van der Waals surface area contributed by atoms with Crippen LogP contribution in [0.15, 0.2) is 36.4 Å². The van der Waals surface area contributed by atoms with Gasteiger partial charge >= 0.3 is 0 Å². The predicted octanol–water partition coefficient (Wildman–Crippen LogP) is 5.35. The standard InChI is InChI=1S/C20H20ClN3O2S/c1-11-7-8-14(9-12(11)2)22-20-24-19(26)17(27-20)10-18(25)23-16-6-4-5-15(21)13(16)3/h4-9,26H,10H2,1-3H3,(H,22,24)(H,23,25). The highest BCUT2D eigenvalue weighted by Crippen LogP contribution is 2.31. The van der Waals surface area contributed by atoms with Crippen molar-refractivity contribution in [3.05, 3.63) is 63.0 Å². The second kappa shape index (κ2) is 7.98. The van der Waals surface area contributed by atoms with Gasteiger partial charge in [-0.15, -0.1) is 0 Å². The quantitative estimate of drug-likeness (QED) is 0.538. The summed E-state index contributed by atoms with van der Waals surface area (Å²) >= 11 is 7.33. The van der Waals surface area contributed by atoms with Crippen LogP contribution in [0.5, 0.6) is 5.88 Å². The molecule has 3 aromatic rings. The molecule has 0 aliphatic carbocycles. The molecule has 0 saturated heterocycles. The Balaban J connectivity index is 1.69. The molecule has 0 aliphatic rings. The molecule has 0 aliphatic heterocycles. The van der Waals surface area contributed by atoms with Crippen LogP contribution in [0.1, 0.15) is 21.6 Å². The zero-order valence-electron chi connectivity index (χ0n) is 15.3. The van der Waals surface area contributed by atoms with E-state index in [1.54, 1.807) is 18.2 Å². The second-order valence-electron chi connectivity index (χ2n) is 6.33. The fraction of sp³-hybridized carbons (Fsp3) is 0.200. The molecule has 140 valence electrons. The van der Waals surface area contributed by atoms with E-state index in [1.807, 2.05) is 39.0 Å². The van der Waals surface area contributed by atoms with E-state index in [2.05, 4.69) is 15.6 Å². The maximum Gasteiger partial charge on any atom is 0.229 e. The molecule has 1 heterocycles. The average molecular weight is 402 g/mol. The van der Waals surface area contributed by atoms with Crippen LogP contribution in [0, 0.1) is 20.8 Å². The summed E-state index contributed by atoms with van der Waals surface area (Å²) in [5, 5.41) is 17.2. The first-order chi connectivity index (χ1) is 12.8. The summed E-state index contributed by atoms with van der Waals surface area (Å²) in [4.78, 5) is 17.0. The molecule has 2 aromatic carbocycles. The van der Waals surface area contributed by atoms with Crippen molar-refractivity contribution >= 4 is 45.4 Å². The van der Waals surface area contributed by atoms with E-state index < -0.39 is 0 Å². The molecule has 1 aromatic heterocycles. The number of hydrogen-bond donors (Lipinski definition) is 3. The molecule has 0 atom stereocenters. The fourth-order valence-corrected chi connectivity index (χ4v) is 3.59. The van der Waals surface area contributed by atoms with E-state index >= 15 is 0 Å². The molecule has 0 spiro atoms. The zero-order chi connectivity index (χ0) is 19.6. The molecule has 1 amide bonds. The lowest BCUT2D eigenvalue weighted by molar-refractivity contribution is -0.115. The van der Waals surface area contributed by atoms with E-state index in [0.717, 1.165) is 16.8 Å². The van der Waals surface area contributed by atoms with E-state index in [4.69, 9.17) is 11.6 Å². The monoisotopic (exact) mass is 401 g/mol. The number of nitrogens with one attached hydrogen (secondary N) is 2. The van der Waals surface area contributed by atoms with Gasteiger partial charge in [-0.2, -0.15) is 4.98 Å². The number of amides is 1. The first kappa shape index (κ1) is 19.2. The lowest BCUT2D eigenvalue weighted by atomic mass is 10.1. The number of carbonyl (C=O) groups is 1. The molecular weight excluding hydrogens is 382 g/mol. The van der Waals surface area contributed by atoms with Crippen molar-refractivity contribution in [3.63, 3.8) is 0 Å². The summed E-state index contributed by atoms with van der Waals surface area (Å²) < 4.78 is 0. The van der Waals surface area contributed by atoms with Gasteiger partial charge in [0.2, 0.25) is 11.8 Å². The molecule has 5 nitrogen and oxygen atoms in total. The number of benzene rings is 2. The SMILES string of the molecule is Cc1ccc(Nc2nc(O)c(CC(=O)Nc3cccc(Cl)c3C)s2)cc1C. The van der Waals surface area contributed by atoms with Crippen LogP contribution in [0.2, 0.25) is 5.02 Å². The van der Waals surface area contributed by atoms with Crippen LogP contribution < -0.4 is 10.6 Å². The van der Waals surface area contributed by atoms with Gasteiger partial charge in [0, 0.05) is 16.4 Å². The lowest BCUT2D eigenvalue weighted by Crippen LogP contribution is -2.14. The maximum atomic E-state index is 12.3. The topological polar surface area (TPSA) is 74.2 Å². The summed E-state index contributed by atoms with van der Waals surface area (Å²) in [6.45, 7) is 5.92. The molecule has 0 saturated carbocycles. The highest BCUT2D eigenvalue weighted by molar-refractivity contribution is 7.16. The van der Waals surface area contributed by atoms with Crippen LogP contribution >= 0.6 is 22.9 Å². The summed E-state index contributed by atoms with van der Waals surface area (Å²) in [5.74, 6) is -0.374. The average Bonchev–Trinajstić information content (AvgIpc) is 2.94. The Hall–Kier alpha value is -2.57. The van der Waals surface area contributed by atoms with Crippen LogP contribution in [0.25, 0.3) is 0 Å². The second-order valence-corrected chi connectivity index (χ2v) is 7.82. The minimum Gasteiger partial charge on any atom is -0.492 e. The van der Waals surface area contributed by atoms with Gasteiger partial charge < -0.3 is 15.7 Å². The molecule has 3 N–H and O–H groups in total. The Morgan fingerprint density at radius 1 is 1.19 bits per heavy atom. The van der Waals surface area contributed by atoms with Crippen LogP contribution in [-0.4, -0.2) is 16.0 Å². The highest BCUT2D eigenvalue weighted by Gasteiger charge is 2.15. The van der Waals surface area contributed by atoms with Crippen molar-refractivity contribution in [3.8, 4) is 5.88 Å². The number of aromatic nitrogens is 1. The number of halogens is 1. The third-order valence-corrected chi connectivity index (χ3v) is 5.67. The Morgan fingerprint density at radius 2 is 1.96 bits per heavy atom. The number of aromatic hydroxyl groups is 1. The number of hydrogen-bond acceptors (Lipinski definition) is 5. The third kappa shape index (κ3) is 4.59. The molecule has 0 bridgehead atoms. The van der Waals surface area contributed by atoms with Gasteiger partial charge in [-0.05, 0) is 61.7 Å².